The first kappa shape index (κ1) is 9.08. The van der Waals surface area contributed by atoms with Gasteiger partial charge in [-0.05, 0) is 12.1 Å². The van der Waals surface area contributed by atoms with E-state index in [2.05, 4.69) is 4.98 Å². The van der Waals surface area contributed by atoms with Gasteiger partial charge in [-0.25, -0.2) is 9.37 Å². The number of halogens is 1. The van der Waals surface area contributed by atoms with Gasteiger partial charge in [0.2, 0.25) is 5.78 Å². The lowest BCUT2D eigenvalue weighted by atomic mass is 10.3. The van der Waals surface area contributed by atoms with Crippen LogP contribution in [0.25, 0.3) is 16.8 Å². The van der Waals surface area contributed by atoms with Gasteiger partial charge in [0.1, 0.15) is 11.5 Å². The third-order valence-electron chi connectivity index (χ3n) is 2.69. The number of aryl methyl sites for hydroxylation is 1. The van der Waals surface area contributed by atoms with Crippen LogP contribution in [0.4, 0.5) is 4.39 Å². The van der Waals surface area contributed by atoms with E-state index in [9.17, 15) is 9.18 Å². The van der Waals surface area contributed by atoms with Crippen LogP contribution in [0, 0.1) is 5.82 Å². The number of hydrogen-bond acceptors (Lipinski definition) is 2. The first-order chi connectivity index (χ1) is 7.70. The fourth-order valence-corrected chi connectivity index (χ4v) is 1.94. The average Bonchev–Trinajstić information content (AvgIpc) is 2.80. The molecule has 16 heavy (non-hydrogen) atoms. The Morgan fingerprint density at radius 1 is 1.38 bits per heavy atom. The zero-order valence-electron chi connectivity index (χ0n) is 8.51. The first-order valence-electron chi connectivity index (χ1n) is 4.79. The molecule has 3 aromatic rings. The van der Waals surface area contributed by atoms with Crippen molar-refractivity contribution in [1.29, 1.82) is 0 Å². The van der Waals surface area contributed by atoms with Crippen molar-refractivity contribution in [3.63, 3.8) is 0 Å². The molecular weight excluding hydrogens is 209 g/mol. The highest BCUT2D eigenvalue weighted by atomic mass is 19.1. The van der Waals surface area contributed by atoms with Gasteiger partial charge in [0, 0.05) is 19.3 Å². The van der Waals surface area contributed by atoms with Crippen LogP contribution in [0.15, 0.2) is 24.4 Å². The van der Waals surface area contributed by atoms with Crippen molar-refractivity contribution < 1.29 is 9.18 Å². The van der Waals surface area contributed by atoms with Crippen LogP contribution in [0.1, 0.15) is 10.5 Å². The molecule has 2 aromatic heterocycles. The standard InChI is InChI=1S/C11H8FN3O/c1-14-9-3-2-7(12)4-10(9)15-5-8(6-16)13-11(14)15/h2-6H,1H3. The van der Waals surface area contributed by atoms with Gasteiger partial charge < -0.3 is 4.57 Å². The van der Waals surface area contributed by atoms with Crippen LogP contribution in [-0.2, 0) is 7.05 Å². The molecule has 5 heteroatoms. The summed E-state index contributed by atoms with van der Waals surface area (Å²) in [5, 5.41) is 0. The van der Waals surface area contributed by atoms with E-state index in [0.717, 1.165) is 5.52 Å². The molecule has 0 bridgehead atoms. The maximum Gasteiger partial charge on any atom is 0.215 e. The molecule has 4 nitrogen and oxygen atoms in total. The predicted molar refractivity (Wildman–Crippen MR) is 57.0 cm³/mol. The normalized spacial score (nSPS) is 11.4. The van der Waals surface area contributed by atoms with Crippen molar-refractivity contribution in [1.82, 2.24) is 14.0 Å². The second-order valence-corrected chi connectivity index (χ2v) is 3.65. The van der Waals surface area contributed by atoms with Gasteiger partial charge >= 0.3 is 0 Å². The lowest BCUT2D eigenvalue weighted by Crippen LogP contribution is -1.89. The Balaban J connectivity index is 2.54. The number of nitrogens with zero attached hydrogens (tertiary/aromatic N) is 3. The van der Waals surface area contributed by atoms with Crippen LogP contribution < -0.4 is 0 Å². The van der Waals surface area contributed by atoms with Gasteiger partial charge in [-0.2, -0.15) is 0 Å². The number of benzene rings is 1. The third-order valence-corrected chi connectivity index (χ3v) is 2.69. The van der Waals surface area contributed by atoms with Gasteiger partial charge in [0.25, 0.3) is 0 Å². The summed E-state index contributed by atoms with van der Waals surface area (Å²) in [4.78, 5) is 14.8. The largest absolute Gasteiger partial charge is 0.313 e. The molecule has 0 spiro atoms. The number of carbonyl (C=O) groups excluding carboxylic acids is 1. The highest BCUT2D eigenvalue weighted by Gasteiger charge is 2.11. The lowest BCUT2D eigenvalue weighted by Gasteiger charge is -1.94. The molecule has 0 atom stereocenters. The quantitative estimate of drug-likeness (QED) is 0.583. The van der Waals surface area contributed by atoms with Gasteiger partial charge in [0.15, 0.2) is 6.29 Å². The smallest absolute Gasteiger partial charge is 0.215 e. The topological polar surface area (TPSA) is 39.3 Å². The zero-order valence-corrected chi connectivity index (χ0v) is 8.51. The molecule has 0 saturated carbocycles. The number of carbonyl (C=O) groups is 1. The van der Waals surface area contributed by atoms with E-state index in [-0.39, 0.29) is 5.82 Å². The summed E-state index contributed by atoms with van der Waals surface area (Å²) in [5.41, 5.74) is 1.93. The molecular formula is C11H8FN3O. The fourth-order valence-electron chi connectivity index (χ4n) is 1.94. The zero-order chi connectivity index (χ0) is 11.3. The van der Waals surface area contributed by atoms with Gasteiger partial charge in [0.05, 0.1) is 11.0 Å². The van der Waals surface area contributed by atoms with Gasteiger partial charge in [-0.3, -0.25) is 9.20 Å². The van der Waals surface area contributed by atoms with Crippen molar-refractivity contribution in [2.75, 3.05) is 0 Å². The van der Waals surface area contributed by atoms with Crippen molar-refractivity contribution in [2.24, 2.45) is 7.05 Å². The highest BCUT2D eigenvalue weighted by Crippen LogP contribution is 2.20. The SMILES string of the molecule is Cn1c2ccc(F)cc2n2cc(C=O)nc12. The summed E-state index contributed by atoms with van der Waals surface area (Å²) >= 11 is 0. The Labute approximate surface area is 89.9 Å². The molecule has 3 rings (SSSR count). The number of imidazole rings is 2. The van der Waals surface area contributed by atoms with E-state index in [1.165, 1.54) is 12.1 Å². The maximum atomic E-state index is 13.1. The second kappa shape index (κ2) is 2.91. The van der Waals surface area contributed by atoms with Crippen molar-refractivity contribution in [3.05, 3.63) is 35.9 Å². The minimum Gasteiger partial charge on any atom is -0.313 e. The Hall–Kier alpha value is -2.17. The summed E-state index contributed by atoms with van der Waals surface area (Å²) in [6.45, 7) is 0. The molecule has 0 radical (unpaired) electrons. The minimum atomic E-state index is -0.304. The third kappa shape index (κ3) is 1.02. The molecule has 0 aliphatic heterocycles. The second-order valence-electron chi connectivity index (χ2n) is 3.65. The monoisotopic (exact) mass is 217 g/mol. The molecule has 0 aliphatic rings. The van der Waals surface area contributed by atoms with E-state index >= 15 is 0 Å². The van der Waals surface area contributed by atoms with E-state index in [0.29, 0.717) is 23.3 Å². The molecule has 2 heterocycles. The molecule has 0 fully saturated rings. The lowest BCUT2D eigenvalue weighted by molar-refractivity contribution is 0.111. The number of hydrogen-bond donors (Lipinski definition) is 0. The number of fused-ring (bicyclic) bond motifs is 3. The highest BCUT2D eigenvalue weighted by molar-refractivity contribution is 5.83. The summed E-state index contributed by atoms with van der Waals surface area (Å²) in [6, 6.07) is 4.53. The van der Waals surface area contributed by atoms with Crippen molar-refractivity contribution >= 4 is 23.1 Å². The van der Waals surface area contributed by atoms with Gasteiger partial charge in [-0.1, -0.05) is 0 Å². The Kier molecular flexibility index (Phi) is 1.65. The predicted octanol–water partition coefficient (Wildman–Crippen LogP) is 1.78. The molecule has 1 aromatic carbocycles. The van der Waals surface area contributed by atoms with E-state index < -0.39 is 0 Å². The maximum absolute atomic E-state index is 13.1. The van der Waals surface area contributed by atoms with Crippen molar-refractivity contribution in [3.8, 4) is 0 Å². The van der Waals surface area contributed by atoms with Crippen molar-refractivity contribution in [2.45, 2.75) is 0 Å². The van der Waals surface area contributed by atoms with Crippen LogP contribution in [-0.4, -0.2) is 20.2 Å². The molecule has 0 unspecified atom stereocenters. The molecule has 0 aliphatic carbocycles. The molecule has 80 valence electrons. The number of rotatable bonds is 1. The summed E-state index contributed by atoms with van der Waals surface area (Å²) < 4.78 is 16.7. The Bertz CT molecular complexity index is 711. The molecule has 0 saturated heterocycles. The fraction of sp³-hybridized carbons (Fsp3) is 0.0909. The minimum absolute atomic E-state index is 0.304. The molecule has 0 N–H and O–H groups in total. The summed E-state index contributed by atoms with van der Waals surface area (Å²) in [7, 11) is 1.83. The first-order valence-corrected chi connectivity index (χ1v) is 4.79. The number of aromatic nitrogens is 3. The Morgan fingerprint density at radius 3 is 2.94 bits per heavy atom. The molecule has 0 amide bonds. The van der Waals surface area contributed by atoms with Crippen LogP contribution in [0.3, 0.4) is 0 Å². The van der Waals surface area contributed by atoms with E-state index in [1.807, 2.05) is 11.6 Å². The summed E-state index contributed by atoms with van der Waals surface area (Å²) in [5.74, 6) is 0.323. The van der Waals surface area contributed by atoms with E-state index in [1.54, 1.807) is 16.7 Å². The van der Waals surface area contributed by atoms with E-state index in [4.69, 9.17) is 0 Å². The van der Waals surface area contributed by atoms with Crippen LogP contribution in [0.2, 0.25) is 0 Å². The van der Waals surface area contributed by atoms with Gasteiger partial charge in [-0.15, -0.1) is 0 Å². The number of aldehydes is 1. The summed E-state index contributed by atoms with van der Waals surface area (Å²) in [6.07, 6.45) is 2.28. The Morgan fingerprint density at radius 2 is 2.19 bits per heavy atom. The average molecular weight is 217 g/mol. The van der Waals surface area contributed by atoms with Crippen LogP contribution in [0.5, 0.6) is 0 Å². The van der Waals surface area contributed by atoms with Crippen LogP contribution >= 0.6 is 0 Å².